The van der Waals surface area contributed by atoms with Crippen LogP contribution in [-0.4, -0.2) is 21.8 Å². The van der Waals surface area contributed by atoms with Crippen LogP contribution in [0.1, 0.15) is 51.1 Å². The molecule has 1 saturated carbocycles. The molecule has 1 aromatic carbocycles. The van der Waals surface area contributed by atoms with Crippen LogP contribution >= 0.6 is 0 Å². The molecular weight excluding hydrogens is 266 g/mol. The van der Waals surface area contributed by atoms with Crippen LogP contribution < -0.4 is 5.32 Å². The summed E-state index contributed by atoms with van der Waals surface area (Å²) in [6.07, 6.45) is 4.77. The van der Waals surface area contributed by atoms with Gasteiger partial charge in [-0.05, 0) is 31.4 Å². The van der Waals surface area contributed by atoms with Gasteiger partial charge in [0.25, 0.3) is 0 Å². The molecule has 1 aliphatic rings. The van der Waals surface area contributed by atoms with Gasteiger partial charge in [-0.2, -0.15) is 0 Å². The van der Waals surface area contributed by atoms with Crippen molar-refractivity contribution in [1.29, 1.82) is 0 Å². The summed E-state index contributed by atoms with van der Waals surface area (Å²) in [6, 6.07) is 10.6. The molecule has 0 heterocycles. The van der Waals surface area contributed by atoms with Crippen LogP contribution in [0.2, 0.25) is 0 Å². The molecule has 0 radical (unpaired) electrons. The Balaban J connectivity index is 2.24. The van der Waals surface area contributed by atoms with Crippen LogP contribution in [0.4, 0.5) is 0 Å². The smallest absolute Gasteiger partial charge is 0.0568 e. The maximum Gasteiger partial charge on any atom is 0.0568 e. The van der Waals surface area contributed by atoms with Gasteiger partial charge in [-0.25, -0.2) is 0 Å². The Morgan fingerprint density at radius 1 is 1.15 bits per heavy atom. The maximum absolute atomic E-state index is 13.0. The minimum absolute atomic E-state index is 0.178. The third-order valence-corrected chi connectivity index (χ3v) is 6.84. The zero-order chi connectivity index (χ0) is 14.5. The Morgan fingerprint density at radius 3 is 2.25 bits per heavy atom. The topological polar surface area (TPSA) is 29.1 Å². The second-order valence-electron chi connectivity index (χ2n) is 6.12. The Morgan fingerprint density at radius 2 is 1.75 bits per heavy atom. The van der Waals surface area contributed by atoms with Crippen molar-refractivity contribution in [2.24, 2.45) is 5.92 Å². The van der Waals surface area contributed by atoms with Crippen molar-refractivity contribution in [1.82, 2.24) is 5.32 Å². The minimum atomic E-state index is -0.756. The van der Waals surface area contributed by atoms with Gasteiger partial charge in [-0.1, -0.05) is 57.0 Å². The predicted octanol–water partition coefficient (Wildman–Crippen LogP) is 3.66. The molecule has 0 bridgehead atoms. The summed E-state index contributed by atoms with van der Waals surface area (Å²) in [7, 11) is 1.23. The highest BCUT2D eigenvalue weighted by Gasteiger charge is 2.35. The van der Waals surface area contributed by atoms with Crippen molar-refractivity contribution in [3.05, 3.63) is 35.9 Å². The fraction of sp³-hybridized carbons (Fsp3) is 0.647. The molecule has 3 atom stereocenters. The molecule has 0 aliphatic heterocycles. The maximum atomic E-state index is 13.0. The first-order valence-electron chi connectivity index (χ1n) is 7.76. The first kappa shape index (κ1) is 15.7. The highest BCUT2D eigenvalue weighted by Crippen LogP contribution is 2.33. The van der Waals surface area contributed by atoms with E-state index in [2.05, 4.69) is 43.4 Å². The van der Waals surface area contributed by atoms with Crippen LogP contribution in [0.15, 0.2) is 30.3 Å². The van der Waals surface area contributed by atoms with E-state index in [0.29, 0.717) is 11.2 Å². The van der Waals surface area contributed by atoms with Crippen molar-refractivity contribution in [2.75, 3.05) is 7.05 Å². The van der Waals surface area contributed by atoms with Gasteiger partial charge in [0.1, 0.15) is 0 Å². The Kier molecular flexibility index (Phi) is 5.79. The lowest BCUT2D eigenvalue weighted by Crippen LogP contribution is -2.39. The molecule has 0 saturated heterocycles. The van der Waals surface area contributed by atoms with E-state index in [4.69, 9.17) is 0 Å². The number of benzene rings is 1. The third kappa shape index (κ3) is 3.50. The van der Waals surface area contributed by atoms with Gasteiger partial charge in [-0.3, -0.25) is 4.21 Å². The van der Waals surface area contributed by atoms with E-state index in [1.807, 2.05) is 13.1 Å². The van der Waals surface area contributed by atoms with Crippen LogP contribution in [-0.2, 0) is 10.8 Å². The van der Waals surface area contributed by atoms with E-state index in [0.717, 1.165) is 12.8 Å². The zero-order valence-electron chi connectivity index (χ0n) is 12.8. The number of rotatable bonds is 6. The molecule has 3 unspecified atom stereocenters. The van der Waals surface area contributed by atoms with Crippen molar-refractivity contribution in [2.45, 2.75) is 56.1 Å². The summed E-state index contributed by atoms with van der Waals surface area (Å²) in [6.45, 7) is 4.40. The van der Waals surface area contributed by atoms with Gasteiger partial charge < -0.3 is 5.32 Å². The first-order chi connectivity index (χ1) is 9.65. The SMILES string of the molecule is CNC(c1ccccc1)C(C(C)C)S(=O)C1CCCC1. The van der Waals surface area contributed by atoms with E-state index >= 15 is 0 Å². The average molecular weight is 293 g/mol. The quantitative estimate of drug-likeness (QED) is 0.867. The van der Waals surface area contributed by atoms with Crippen molar-refractivity contribution >= 4 is 10.8 Å². The summed E-state index contributed by atoms with van der Waals surface area (Å²) in [5, 5.41) is 4.00. The minimum Gasteiger partial charge on any atom is -0.312 e. The number of hydrogen-bond acceptors (Lipinski definition) is 2. The summed E-state index contributed by atoms with van der Waals surface area (Å²) >= 11 is 0. The average Bonchev–Trinajstić information content (AvgIpc) is 2.98. The molecule has 2 rings (SSSR count). The van der Waals surface area contributed by atoms with Gasteiger partial charge >= 0.3 is 0 Å². The molecule has 3 heteroatoms. The molecule has 20 heavy (non-hydrogen) atoms. The molecule has 1 aromatic rings. The standard InChI is InChI=1S/C17H27NOS/c1-13(2)17(20(19)15-11-7-8-12-15)16(18-3)14-9-5-4-6-10-14/h4-6,9-10,13,15-18H,7-8,11-12H2,1-3H3. The Labute approximate surface area is 125 Å². The second kappa shape index (κ2) is 7.37. The fourth-order valence-corrected chi connectivity index (χ4v) is 5.65. The van der Waals surface area contributed by atoms with Crippen molar-refractivity contribution in [3.8, 4) is 0 Å². The lowest BCUT2D eigenvalue weighted by atomic mass is 9.96. The van der Waals surface area contributed by atoms with Crippen LogP contribution in [0, 0.1) is 5.92 Å². The first-order valence-corrected chi connectivity index (χ1v) is 9.04. The molecule has 0 aromatic heterocycles. The molecule has 1 fully saturated rings. The summed E-state index contributed by atoms with van der Waals surface area (Å²) in [5.74, 6) is 0.411. The van der Waals surface area contributed by atoms with Gasteiger partial charge in [0.15, 0.2) is 0 Å². The fourth-order valence-electron chi connectivity index (χ4n) is 3.31. The summed E-state index contributed by atoms with van der Waals surface area (Å²) in [5.41, 5.74) is 1.25. The third-order valence-electron chi connectivity index (χ3n) is 4.35. The van der Waals surface area contributed by atoms with E-state index in [1.54, 1.807) is 0 Å². The lowest BCUT2D eigenvalue weighted by Gasteiger charge is -2.31. The molecule has 112 valence electrons. The summed E-state index contributed by atoms with van der Waals surface area (Å²) < 4.78 is 13.0. The van der Waals surface area contributed by atoms with E-state index in [1.165, 1.54) is 18.4 Å². The van der Waals surface area contributed by atoms with E-state index in [-0.39, 0.29) is 11.3 Å². The van der Waals surface area contributed by atoms with Crippen LogP contribution in [0.5, 0.6) is 0 Å². The van der Waals surface area contributed by atoms with Crippen molar-refractivity contribution in [3.63, 3.8) is 0 Å². The predicted molar refractivity (Wildman–Crippen MR) is 87.3 cm³/mol. The highest BCUT2D eigenvalue weighted by atomic mass is 32.2. The van der Waals surface area contributed by atoms with Gasteiger partial charge in [0.2, 0.25) is 0 Å². The zero-order valence-corrected chi connectivity index (χ0v) is 13.7. The Bertz CT molecular complexity index is 426. The molecular formula is C17H27NOS. The van der Waals surface area contributed by atoms with Crippen LogP contribution in [0.25, 0.3) is 0 Å². The molecule has 1 N–H and O–H groups in total. The van der Waals surface area contributed by atoms with Crippen molar-refractivity contribution < 1.29 is 4.21 Å². The number of hydrogen-bond donors (Lipinski definition) is 1. The van der Waals surface area contributed by atoms with Gasteiger partial charge in [0.05, 0.1) is 5.25 Å². The van der Waals surface area contributed by atoms with Crippen LogP contribution in [0.3, 0.4) is 0 Å². The number of nitrogens with one attached hydrogen (secondary N) is 1. The van der Waals surface area contributed by atoms with Gasteiger partial charge in [-0.15, -0.1) is 0 Å². The monoisotopic (exact) mass is 293 g/mol. The molecule has 2 nitrogen and oxygen atoms in total. The molecule has 0 amide bonds. The lowest BCUT2D eigenvalue weighted by molar-refractivity contribution is 0.457. The van der Waals surface area contributed by atoms with E-state index < -0.39 is 10.8 Å². The normalized spacial score (nSPS) is 21.0. The van der Waals surface area contributed by atoms with Gasteiger partial charge in [0, 0.05) is 22.1 Å². The highest BCUT2D eigenvalue weighted by molar-refractivity contribution is 7.86. The molecule has 1 aliphatic carbocycles. The Hall–Kier alpha value is -0.670. The molecule has 0 spiro atoms. The largest absolute Gasteiger partial charge is 0.312 e. The summed E-state index contributed by atoms with van der Waals surface area (Å²) in [4.78, 5) is 0. The van der Waals surface area contributed by atoms with E-state index in [9.17, 15) is 4.21 Å². The second-order valence-corrected chi connectivity index (χ2v) is 7.99.